The summed E-state index contributed by atoms with van der Waals surface area (Å²) >= 11 is 0. The van der Waals surface area contributed by atoms with Gasteiger partial charge in [0.1, 0.15) is 23.6 Å². The monoisotopic (exact) mass is 622 g/mol. The summed E-state index contributed by atoms with van der Waals surface area (Å²) in [6, 6.07) is 6.03. The van der Waals surface area contributed by atoms with Gasteiger partial charge < -0.3 is 14.8 Å². The molecule has 236 valence electrons. The number of alkyl halides is 3. The predicted molar refractivity (Wildman–Crippen MR) is 154 cm³/mol. The van der Waals surface area contributed by atoms with Crippen LogP contribution < -0.4 is 4.74 Å². The number of nitrogens with one attached hydrogen (secondary N) is 1. The van der Waals surface area contributed by atoms with E-state index in [1.165, 1.54) is 12.4 Å². The number of fused-ring (bicyclic) bond motifs is 1. The van der Waals surface area contributed by atoms with Crippen LogP contribution in [0.15, 0.2) is 37.1 Å². The lowest BCUT2D eigenvalue weighted by Crippen LogP contribution is -2.65. The lowest BCUT2D eigenvalue weighted by molar-refractivity contribution is -0.145. The highest BCUT2D eigenvalue weighted by molar-refractivity contribution is 5.90. The van der Waals surface area contributed by atoms with E-state index < -0.39 is 23.6 Å². The van der Waals surface area contributed by atoms with Gasteiger partial charge in [-0.1, -0.05) is 0 Å². The maximum atomic E-state index is 13.6. The molecule has 0 radical (unpaired) electrons. The molecule has 0 aromatic carbocycles. The Bertz CT molecular complexity index is 1700. The van der Waals surface area contributed by atoms with E-state index in [0.29, 0.717) is 51.9 Å². The topological polar surface area (TPSA) is 145 Å². The lowest BCUT2D eigenvalue weighted by atomic mass is 9.82. The molecule has 0 unspecified atom stereocenters. The maximum Gasteiger partial charge on any atom is 0.451 e. The first kappa shape index (κ1) is 29.6. The minimum Gasteiger partial charge on any atom is -0.474 e. The van der Waals surface area contributed by atoms with Crippen LogP contribution in [0.1, 0.15) is 50.0 Å². The Labute approximate surface area is 256 Å². The van der Waals surface area contributed by atoms with E-state index in [2.05, 4.69) is 41.0 Å². The molecule has 4 aromatic heterocycles. The first-order valence-corrected chi connectivity index (χ1v) is 15.2. The summed E-state index contributed by atoms with van der Waals surface area (Å²) in [6.45, 7) is 2.55. The molecule has 4 aromatic rings. The zero-order chi connectivity index (χ0) is 31.2. The van der Waals surface area contributed by atoms with Gasteiger partial charge in [0.25, 0.3) is 0 Å². The van der Waals surface area contributed by atoms with Gasteiger partial charge in [-0.25, -0.2) is 15.0 Å². The quantitative estimate of drug-likeness (QED) is 0.300. The van der Waals surface area contributed by atoms with Crippen LogP contribution in [0.3, 0.4) is 0 Å². The molecule has 3 fully saturated rings. The van der Waals surface area contributed by atoms with E-state index >= 15 is 0 Å². The van der Waals surface area contributed by atoms with Gasteiger partial charge in [0.15, 0.2) is 0 Å². The van der Waals surface area contributed by atoms with Crippen LogP contribution >= 0.6 is 0 Å². The van der Waals surface area contributed by atoms with Gasteiger partial charge in [0.2, 0.25) is 11.7 Å². The summed E-state index contributed by atoms with van der Waals surface area (Å²) in [5.74, 6) is -1.28. The highest BCUT2D eigenvalue weighted by atomic mass is 19.4. The smallest absolute Gasteiger partial charge is 0.451 e. The van der Waals surface area contributed by atoms with Gasteiger partial charge in [-0.15, -0.1) is 0 Å². The van der Waals surface area contributed by atoms with Crippen LogP contribution in [-0.2, 0) is 18.3 Å². The van der Waals surface area contributed by atoms with Crippen molar-refractivity contribution in [1.82, 2.24) is 44.5 Å². The Morgan fingerprint density at radius 2 is 1.96 bits per heavy atom. The summed E-state index contributed by atoms with van der Waals surface area (Å²) in [6.07, 6.45) is 5.53. The number of ether oxygens (including phenoxy) is 1. The van der Waals surface area contributed by atoms with Gasteiger partial charge in [-0.3, -0.25) is 14.5 Å². The van der Waals surface area contributed by atoms with Crippen LogP contribution in [0.4, 0.5) is 13.2 Å². The van der Waals surface area contributed by atoms with Crippen molar-refractivity contribution in [2.24, 2.45) is 0 Å². The molecule has 0 bridgehead atoms. The highest BCUT2D eigenvalue weighted by Crippen LogP contribution is 2.39. The number of hydrogen-bond donors (Lipinski definition) is 2. The number of rotatable bonds is 8. The van der Waals surface area contributed by atoms with Crippen LogP contribution in [0.5, 0.6) is 5.88 Å². The van der Waals surface area contributed by atoms with E-state index in [9.17, 15) is 23.5 Å². The largest absolute Gasteiger partial charge is 0.474 e. The van der Waals surface area contributed by atoms with Crippen molar-refractivity contribution in [3.63, 3.8) is 0 Å². The van der Waals surface area contributed by atoms with Crippen molar-refractivity contribution in [1.29, 1.82) is 5.26 Å². The van der Waals surface area contributed by atoms with Gasteiger partial charge in [-0.2, -0.15) is 28.5 Å². The molecule has 2 aliphatic heterocycles. The maximum absolute atomic E-state index is 13.6. The summed E-state index contributed by atoms with van der Waals surface area (Å²) in [4.78, 5) is 23.5. The van der Waals surface area contributed by atoms with E-state index in [1.807, 2.05) is 28.0 Å². The van der Waals surface area contributed by atoms with Crippen molar-refractivity contribution < 1.29 is 23.0 Å². The van der Waals surface area contributed by atoms with Crippen molar-refractivity contribution in [2.75, 3.05) is 26.2 Å². The Kier molecular flexibility index (Phi) is 7.66. The SMILES string of the molecule is N#CCC1(n2cc(-c3ncnc4[nH]ccc34)cn2)CN(C2CCC(Oc3cc(CN4CC[C@H](O)C4)nc(C(F)(F)F)n3)CC2)C1. The van der Waals surface area contributed by atoms with Gasteiger partial charge in [0.05, 0.1) is 36.2 Å². The second-order valence-electron chi connectivity index (χ2n) is 12.3. The average Bonchev–Trinajstić information content (AvgIpc) is 3.76. The second kappa shape index (κ2) is 11.7. The third-order valence-electron chi connectivity index (χ3n) is 9.19. The average molecular weight is 623 g/mol. The highest BCUT2D eigenvalue weighted by Gasteiger charge is 2.48. The number of aliphatic hydroxyl groups is 1. The van der Waals surface area contributed by atoms with Gasteiger partial charge in [-0.05, 0) is 38.2 Å². The number of β-amino-alcohol motifs (C(OH)–C–C–N with tert-alkyl or cyclic N) is 1. The number of hydrogen-bond acceptors (Lipinski definition) is 10. The fourth-order valence-corrected chi connectivity index (χ4v) is 6.88. The number of halogens is 3. The van der Waals surface area contributed by atoms with E-state index in [0.717, 1.165) is 35.1 Å². The molecule has 45 heavy (non-hydrogen) atoms. The molecule has 6 heterocycles. The number of H-pyrrole nitrogens is 1. The first-order valence-electron chi connectivity index (χ1n) is 15.2. The Morgan fingerprint density at radius 3 is 2.69 bits per heavy atom. The standard InChI is InChI=1S/C30H33F3N10O2/c31-30(32,33)28-39-20(14-41-10-6-22(44)15-41)11-25(40-28)45-23-3-1-21(2-4-23)42-16-29(17-42,7-8-34)43-13-19(12-38-43)26-24-5-9-35-27(24)37-18-36-26/h5,9,11-13,18,21-23,44H,1-4,6-7,10,14-17H2,(H,35,36,37)/t21?,22-,23?/m0/s1. The van der Waals surface area contributed by atoms with Gasteiger partial charge in [0, 0.05) is 68.2 Å². The number of nitrogens with zero attached hydrogens (tertiary/aromatic N) is 9. The van der Waals surface area contributed by atoms with Crippen LogP contribution in [-0.4, -0.2) is 94.0 Å². The second-order valence-corrected chi connectivity index (χ2v) is 12.3. The molecule has 1 atom stereocenters. The molecule has 15 heteroatoms. The lowest BCUT2D eigenvalue weighted by Gasteiger charge is -2.53. The van der Waals surface area contributed by atoms with E-state index in [1.54, 1.807) is 6.20 Å². The fraction of sp³-hybridized carbons (Fsp3) is 0.533. The first-order chi connectivity index (χ1) is 21.7. The van der Waals surface area contributed by atoms with Crippen molar-refractivity contribution >= 4 is 11.0 Å². The minimum absolute atomic E-state index is 0.0670. The number of aliphatic hydroxyl groups excluding tert-OH is 1. The fourth-order valence-electron chi connectivity index (χ4n) is 6.88. The normalized spacial score (nSPS) is 24.0. The zero-order valence-electron chi connectivity index (χ0n) is 24.5. The third kappa shape index (κ3) is 5.97. The molecular formula is C30H33F3N10O2. The summed E-state index contributed by atoms with van der Waals surface area (Å²) in [5, 5.41) is 25.0. The molecule has 2 N–H and O–H groups in total. The van der Waals surface area contributed by atoms with Crippen molar-refractivity contribution in [3.8, 4) is 23.2 Å². The summed E-state index contributed by atoms with van der Waals surface area (Å²) in [7, 11) is 0. The molecule has 1 saturated carbocycles. The third-order valence-corrected chi connectivity index (χ3v) is 9.19. The Hall–Kier alpha value is -4.13. The molecule has 1 aliphatic carbocycles. The molecule has 2 saturated heterocycles. The van der Waals surface area contributed by atoms with Crippen LogP contribution in [0, 0.1) is 11.3 Å². The summed E-state index contributed by atoms with van der Waals surface area (Å²) < 4.78 is 48.7. The van der Waals surface area contributed by atoms with Crippen molar-refractivity contribution in [3.05, 3.63) is 48.6 Å². The Balaban J connectivity index is 0.982. The molecule has 3 aliphatic rings. The molecule has 12 nitrogen and oxygen atoms in total. The molecule has 0 amide bonds. The Morgan fingerprint density at radius 1 is 1.13 bits per heavy atom. The molecular weight excluding hydrogens is 589 g/mol. The van der Waals surface area contributed by atoms with E-state index in [4.69, 9.17) is 4.74 Å². The number of likely N-dealkylation sites (tertiary alicyclic amines) is 2. The number of nitriles is 1. The van der Waals surface area contributed by atoms with Crippen molar-refractivity contribution in [2.45, 2.75) is 75.0 Å². The molecule has 7 rings (SSSR count). The number of aromatic nitrogens is 7. The number of aromatic amines is 1. The zero-order valence-corrected chi connectivity index (χ0v) is 24.5. The van der Waals surface area contributed by atoms with Gasteiger partial charge >= 0.3 is 6.18 Å². The predicted octanol–water partition coefficient (Wildman–Crippen LogP) is 3.51. The molecule has 0 spiro atoms. The summed E-state index contributed by atoms with van der Waals surface area (Å²) in [5.41, 5.74) is 2.17. The minimum atomic E-state index is -4.69. The van der Waals surface area contributed by atoms with Crippen LogP contribution in [0.2, 0.25) is 0 Å². The van der Waals surface area contributed by atoms with Crippen LogP contribution in [0.25, 0.3) is 22.3 Å². The van der Waals surface area contributed by atoms with E-state index in [-0.39, 0.29) is 30.3 Å².